The summed E-state index contributed by atoms with van der Waals surface area (Å²) in [4.78, 5) is 27.3. The minimum Gasteiger partial charge on any atom is -0.494 e. The maximum Gasteiger partial charge on any atom is 0.352 e. The van der Waals surface area contributed by atoms with Gasteiger partial charge >= 0.3 is 11.2 Å². The Morgan fingerprint density at radius 3 is 2.84 bits per heavy atom. The van der Waals surface area contributed by atoms with E-state index in [1.54, 1.807) is 0 Å². The van der Waals surface area contributed by atoms with Crippen molar-refractivity contribution in [1.29, 1.82) is 0 Å². The van der Waals surface area contributed by atoms with Crippen molar-refractivity contribution in [2.45, 2.75) is 25.8 Å². The van der Waals surface area contributed by atoms with Crippen LogP contribution >= 0.6 is 0 Å². The Balaban J connectivity index is 1.80. The van der Waals surface area contributed by atoms with Crippen molar-refractivity contribution < 1.29 is 9.66 Å². The van der Waals surface area contributed by atoms with Crippen LogP contribution in [0.15, 0.2) is 35.3 Å². The number of nitrogens with two attached hydrogens (primary N) is 1. The first kappa shape index (κ1) is 18.4. The number of rotatable bonds is 8. The van der Waals surface area contributed by atoms with Crippen molar-refractivity contribution in [3.05, 3.63) is 56.5 Å². The van der Waals surface area contributed by atoms with Gasteiger partial charge in [-0.2, -0.15) is 4.98 Å². The van der Waals surface area contributed by atoms with Crippen molar-refractivity contribution in [3.63, 3.8) is 0 Å². The Hall–Kier alpha value is -2.94. The second kappa shape index (κ2) is 7.75. The van der Waals surface area contributed by atoms with Gasteiger partial charge in [0.1, 0.15) is 5.75 Å². The zero-order valence-corrected chi connectivity index (χ0v) is 14.1. The summed E-state index contributed by atoms with van der Waals surface area (Å²) in [6.07, 6.45) is 1.67. The standard InChI is InChI=1S/C16H21N5O4/c1-16(2,17)11-5-3-6-12(9-11)25-8-4-7-18-15-19-10-13(21(23)24)14(22)20-15/h3,5-6,9-10H,4,7-8,17H2,1-2H3,(H2,18,19,20,22). The van der Waals surface area contributed by atoms with E-state index in [0.717, 1.165) is 17.5 Å². The number of nitro groups is 1. The van der Waals surface area contributed by atoms with E-state index in [9.17, 15) is 14.9 Å². The van der Waals surface area contributed by atoms with Gasteiger partial charge < -0.3 is 20.8 Å². The van der Waals surface area contributed by atoms with E-state index in [-0.39, 0.29) is 5.95 Å². The zero-order chi connectivity index (χ0) is 18.4. The lowest BCUT2D eigenvalue weighted by molar-refractivity contribution is -0.386. The molecule has 9 heteroatoms. The Kier molecular flexibility index (Phi) is 5.71. The number of benzene rings is 1. The molecule has 134 valence electrons. The summed E-state index contributed by atoms with van der Waals surface area (Å²) < 4.78 is 5.68. The summed E-state index contributed by atoms with van der Waals surface area (Å²) in [6.45, 7) is 4.80. The zero-order valence-electron chi connectivity index (χ0n) is 14.1. The van der Waals surface area contributed by atoms with E-state index in [0.29, 0.717) is 19.6 Å². The molecule has 0 radical (unpaired) electrons. The number of anilines is 1. The second-order valence-electron chi connectivity index (χ2n) is 6.07. The van der Waals surface area contributed by atoms with E-state index >= 15 is 0 Å². The Morgan fingerprint density at radius 1 is 1.44 bits per heavy atom. The molecule has 0 amide bonds. The summed E-state index contributed by atoms with van der Waals surface area (Å²) >= 11 is 0. The van der Waals surface area contributed by atoms with Gasteiger partial charge in [-0.1, -0.05) is 12.1 Å². The summed E-state index contributed by atoms with van der Waals surface area (Å²) in [7, 11) is 0. The highest BCUT2D eigenvalue weighted by atomic mass is 16.6. The van der Waals surface area contributed by atoms with Crippen LogP contribution in [0.25, 0.3) is 0 Å². The molecule has 2 aromatic rings. The molecular weight excluding hydrogens is 326 g/mol. The van der Waals surface area contributed by atoms with E-state index in [1.807, 2.05) is 38.1 Å². The number of nitrogens with zero attached hydrogens (tertiary/aromatic N) is 2. The quantitative estimate of drug-likeness (QED) is 0.376. The minimum atomic E-state index is -0.885. The lowest BCUT2D eigenvalue weighted by Gasteiger charge is -2.19. The van der Waals surface area contributed by atoms with Crippen molar-refractivity contribution >= 4 is 11.6 Å². The van der Waals surface area contributed by atoms with Crippen molar-refractivity contribution in [3.8, 4) is 5.75 Å². The molecule has 0 aliphatic carbocycles. The summed E-state index contributed by atoms with van der Waals surface area (Å²) in [5, 5.41) is 13.4. The molecule has 0 unspecified atom stereocenters. The molecule has 4 N–H and O–H groups in total. The van der Waals surface area contributed by atoms with Gasteiger partial charge in [-0.15, -0.1) is 0 Å². The van der Waals surface area contributed by atoms with Gasteiger partial charge in [0.05, 0.1) is 17.7 Å². The average molecular weight is 347 g/mol. The number of H-pyrrole nitrogens is 1. The van der Waals surface area contributed by atoms with Gasteiger partial charge in [-0.05, 0) is 38.0 Å². The van der Waals surface area contributed by atoms with Crippen molar-refractivity contribution in [1.82, 2.24) is 9.97 Å². The van der Waals surface area contributed by atoms with Crippen molar-refractivity contribution in [2.75, 3.05) is 18.5 Å². The fraction of sp³-hybridized carbons (Fsp3) is 0.375. The van der Waals surface area contributed by atoms with Gasteiger partial charge in [0, 0.05) is 12.1 Å². The number of nitrogens with one attached hydrogen (secondary N) is 2. The van der Waals surface area contributed by atoms with Crippen LogP contribution in [-0.4, -0.2) is 28.0 Å². The fourth-order valence-electron chi connectivity index (χ4n) is 2.07. The van der Waals surface area contributed by atoms with E-state index in [1.165, 1.54) is 0 Å². The van der Waals surface area contributed by atoms with Crippen molar-refractivity contribution in [2.24, 2.45) is 5.73 Å². The molecule has 1 aromatic heterocycles. The molecule has 0 aliphatic heterocycles. The van der Waals surface area contributed by atoms with Gasteiger partial charge in [-0.3, -0.25) is 14.9 Å². The highest BCUT2D eigenvalue weighted by Crippen LogP contribution is 2.21. The average Bonchev–Trinajstić information content (AvgIpc) is 2.54. The number of ether oxygens (including phenoxy) is 1. The van der Waals surface area contributed by atoms with Gasteiger partial charge in [0.25, 0.3) is 0 Å². The molecule has 0 bridgehead atoms. The third kappa shape index (κ3) is 5.28. The van der Waals surface area contributed by atoms with Crippen LogP contribution in [-0.2, 0) is 5.54 Å². The first-order chi connectivity index (χ1) is 11.8. The molecule has 9 nitrogen and oxygen atoms in total. The highest BCUT2D eigenvalue weighted by molar-refractivity contribution is 5.32. The van der Waals surface area contributed by atoms with Crippen LogP contribution < -0.4 is 21.3 Å². The summed E-state index contributed by atoms with van der Waals surface area (Å²) in [5.41, 5.74) is 5.14. The third-order valence-electron chi connectivity index (χ3n) is 3.44. The predicted molar refractivity (Wildman–Crippen MR) is 93.8 cm³/mol. The van der Waals surface area contributed by atoms with Crippen LogP contribution in [0.3, 0.4) is 0 Å². The molecule has 25 heavy (non-hydrogen) atoms. The predicted octanol–water partition coefficient (Wildman–Crippen LogP) is 1.75. The largest absolute Gasteiger partial charge is 0.494 e. The second-order valence-corrected chi connectivity index (χ2v) is 6.07. The van der Waals surface area contributed by atoms with Crippen LogP contribution in [0.5, 0.6) is 5.75 Å². The highest BCUT2D eigenvalue weighted by Gasteiger charge is 2.14. The van der Waals surface area contributed by atoms with Crippen LogP contribution in [0.1, 0.15) is 25.8 Å². The molecule has 0 aliphatic rings. The van der Waals surface area contributed by atoms with Gasteiger partial charge in [0.2, 0.25) is 5.95 Å². The number of aromatic amines is 1. The van der Waals surface area contributed by atoms with Gasteiger partial charge in [-0.25, -0.2) is 0 Å². The molecule has 0 fully saturated rings. The lowest BCUT2D eigenvalue weighted by atomic mass is 9.96. The Labute approximate surface area is 144 Å². The van der Waals surface area contributed by atoms with Crippen LogP contribution in [0, 0.1) is 10.1 Å². The van der Waals surface area contributed by atoms with E-state index in [4.69, 9.17) is 10.5 Å². The molecule has 0 spiro atoms. The number of hydrogen-bond acceptors (Lipinski definition) is 7. The monoisotopic (exact) mass is 347 g/mol. The number of hydrogen-bond donors (Lipinski definition) is 3. The third-order valence-corrected chi connectivity index (χ3v) is 3.44. The first-order valence-electron chi connectivity index (χ1n) is 7.77. The smallest absolute Gasteiger partial charge is 0.352 e. The molecule has 0 saturated carbocycles. The summed E-state index contributed by atoms with van der Waals surface area (Å²) in [6, 6.07) is 7.61. The maximum absolute atomic E-state index is 11.4. The molecule has 0 saturated heterocycles. The van der Waals surface area contributed by atoms with Crippen LogP contribution in [0.4, 0.5) is 11.6 Å². The van der Waals surface area contributed by atoms with Gasteiger partial charge in [0.15, 0.2) is 0 Å². The summed E-state index contributed by atoms with van der Waals surface area (Å²) in [5.74, 6) is 0.917. The maximum atomic E-state index is 11.4. The topological polar surface area (TPSA) is 136 Å². The molecule has 2 rings (SSSR count). The molecule has 1 heterocycles. The SMILES string of the molecule is CC(C)(N)c1cccc(OCCCNc2nc(=O)c([N+](=O)[O-])c[nH]2)c1. The molecule has 1 aromatic carbocycles. The lowest BCUT2D eigenvalue weighted by Crippen LogP contribution is -2.28. The van der Waals surface area contributed by atoms with Crippen LogP contribution in [0.2, 0.25) is 0 Å². The molecule has 0 atom stereocenters. The Bertz CT molecular complexity index is 798. The minimum absolute atomic E-state index is 0.183. The van der Waals surface area contributed by atoms with E-state index < -0.39 is 21.7 Å². The number of aromatic nitrogens is 2. The Morgan fingerprint density at radius 2 is 2.20 bits per heavy atom. The normalized spacial score (nSPS) is 11.2. The molecular formula is C16H21N5O4. The first-order valence-corrected chi connectivity index (χ1v) is 7.77. The van der Waals surface area contributed by atoms with E-state index in [2.05, 4.69) is 15.3 Å². The fourth-order valence-corrected chi connectivity index (χ4v) is 2.07.